The quantitative estimate of drug-likeness (QED) is 0.844. The Morgan fingerprint density at radius 3 is 2.63 bits per heavy atom. The molecule has 0 spiro atoms. The summed E-state index contributed by atoms with van der Waals surface area (Å²) < 4.78 is 25.2. The molecule has 7 heteroatoms. The van der Waals surface area contributed by atoms with E-state index in [0.717, 1.165) is 11.3 Å². The zero-order valence-electron chi connectivity index (χ0n) is 14.8. The molecule has 4 rings (SSSR count). The predicted octanol–water partition coefficient (Wildman–Crippen LogP) is 2.95. The normalized spacial score (nSPS) is 21.8. The molecule has 2 aliphatic heterocycles. The third-order valence-electron chi connectivity index (χ3n) is 4.89. The molecule has 1 atom stereocenters. The minimum absolute atomic E-state index is 0.127. The first-order valence-electron chi connectivity index (χ1n) is 8.77. The Morgan fingerprint density at radius 1 is 1.11 bits per heavy atom. The van der Waals surface area contributed by atoms with E-state index < -0.39 is 23.3 Å². The summed E-state index contributed by atoms with van der Waals surface area (Å²) in [6.45, 7) is 2.59. The van der Waals surface area contributed by atoms with Gasteiger partial charge in [0.25, 0.3) is 5.91 Å². The summed E-state index contributed by atoms with van der Waals surface area (Å²) in [5.41, 5.74) is -0.391. The van der Waals surface area contributed by atoms with Crippen molar-refractivity contribution in [2.75, 3.05) is 13.2 Å². The molecular formula is C20H19FN2O4. The van der Waals surface area contributed by atoms with Crippen LogP contribution in [-0.4, -0.2) is 30.1 Å². The highest BCUT2D eigenvalue weighted by Crippen LogP contribution is 2.37. The van der Waals surface area contributed by atoms with Crippen molar-refractivity contribution in [1.29, 1.82) is 0 Å². The number of amides is 3. The Morgan fingerprint density at radius 2 is 1.85 bits per heavy atom. The summed E-state index contributed by atoms with van der Waals surface area (Å²) in [6, 6.07) is 10.7. The van der Waals surface area contributed by atoms with Crippen LogP contribution in [0.25, 0.3) is 0 Å². The van der Waals surface area contributed by atoms with Gasteiger partial charge in [0.05, 0.1) is 19.8 Å². The predicted molar refractivity (Wildman–Crippen MR) is 94.9 cm³/mol. The molecule has 27 heavy (non-hydrogen) atoms. The minimum Gasteiger partial charge on any atom is -0.490 e. The maximum Gasteiger partial charge on any atom is 0.325 e. The number of carbonyl (C=O) groups is 2. The van der Waals surface area contributed by atoms with Crippen LogP contribution in [0.1, 0.15) is 24.5 Å². The smallest absolute Gasteiger partial charge is 0.325 e. The summed E-state index contributed by atoms with van der Waals surface area (Å²) in [5.74, 6) is 0.258. The SMILES string of the molecule is C[C@@]1(c2ccc3c(c2)OCCCO3)NC(=O)N(Cc2ccccc2F)C1=O. The number of halogens is 1. The summed E-state index contributed by atoms with van der Waals surface area (Å²) >= 11 is 0. The molecule has 2 aromatic rings. The van der Waals surface area contributed by atoms with Crippen molar-refractivity contribution in [3.63, 3.8) is 0 Å². The van der Waals surface area contributed by atoms with Gasteiger partial charge < -0.3 is 14.8 Å². The Hall–Kier alpha value is -3.09. The number of hydrogen-bond acceptors (Lipinski definition) is 4. The fourth-order valence-corrected chi connectivity index (χ4v) is 3.31. The van der Waals surface area contributed by atoms with Crippen LogP contribution in [0.3, 0.4) is 0 Å². The second-order valence-corrected chi connectivity index (χ2v) is 6.75. The summed E-state index contributed by atoms with van der Waals surface area (Å²) in [5, 5.41) is 2.73. The van der Waals surface area contributed by atoms with Crippen molar-refractivity contribution in [3.05, 3.63) is 59.4 Å². The van der Waals surface area contributed by atoms with Gasteiger partial charge in [0, 0.05) is 12.0 Å². The third kappa shape index (κ3) is 2.99. The lowest BCUT2D eigenvalue weighted by Gasteiger charge is -2.23. The van der Waals surface area contributed by atoms with Crippen molar-refractivity contribution in [1.82, 2.24) is 10.2 Å². The second kappa shape index (κ2) is 6.57. The van der Waals surface area contributed by atoms with Crippen LogP contribution in [0.4, 0.5) is 9.18 Å². The monoisotopic (exact) mass is 370 g/mol. The molecule has 2 aromatic carbocycles. The van der Waals surface area contributed by atoms with Crippen molar-refractivity contribution >= 4 is 11.9 Å². The first-order chi connectivity index (χ1) is 13.0. The first kappa shape index (κ1) is 17.3. The molecule has 0 unspecified atom stereocenters. The largest absolute Gasteiger partial charge is 0.490 e. The zero-order valence-corrected chi connectivity index (χ0v) is 14.8. The number of urea groups is 1. The van der Waals surface area contributed by atoms with Crippen LogP contribution in [-0.2, 0) is 16.9 Å². The molecule has 2 aliphatic rings. The van der Waals surface area contributed by atoms with Gasteiger partial charge in [-0.25, -0.2) is 9.18 Å². The van der Waals surface area contributed by atoms with E-state index in [1.54, 1.807) is 43.3 Å². The molecule has 0 bridgehead atoms. The van der Waals surface area contributed by atoms with Crippen molar-refractivity contribution < 1.29 is 23.5 Å². The fraction of sp³-hybridized carbons (Fsp3) is 0.300. The average molecular weight is 370 g/mol. The lowest BCUT2D eigenvalue weighted by Crippen LogP contribution is -2.40. The lowest BCUT2D eigenvalue weighted by molar-refractivity contribution is -0.131. The highest BCUT2D eigenvalue weighted by atomic mass is 19.1. The number of ether oxygens (including phenoxy) is 2. The number of nitrogens with one attached hydrogen (secondary N) is 1. The molecule has 0 aromatic heterocycles. The molecule has 0 aliphatic carbocycles. The van der Waals surface area contributed by atoms with Gasteiger partial charge in [-0.2, -0.15) is 0 Å². The number of nitrogens with zero attached hydrogens (tertiary/aromatic N) is 1. The Bertz CT molecular complexity index is 917. The van der Waals surface area contributed by atoms with Gasteiger partial charge in [-0.1, -0.05) is 24.3 Å². The van der Waals surface area contributed by atoms with Gasteiger partial charge >= 0.3 is 6.03 Å². The third-order valence-corrected chi connectivity index (χ3v) is 4.89. The molecule has 1 fully saturated rings. The lowest BCUT2D eigenvalue weighted by atomic mass is 9.91. The molecule has 6 nitrogen and oxygen atoms in total. The van der Waals surface area contributed by atoms with E-state index in [1.807, 2.05) is 0 Å². The molecule has 1 saturated heterocycles. The first-order valence-corrected chi connectivity index (χ1v) is 8.77. The van der Waals surface area contributed by atoms with E-state index >= 15 is 0 Å². The zero-order chi connectivity index (χ0) is 19.0. The van der Waals surface area contributed by atoms with Gasteiger partial charge in [-0.15, -0.1) is 0 Å². The summed E-state index contributed by atoms with van der Waals surface area (Å²) in [4.78, 5) is 26.5. The maximum absolute atomic E-state index is 13.9. The maximum atomic E-state index is 13.9. The Balaban J connectivity index is 1.64. The Labute approximate surface area is 155 Å². The van der Waals surface area contributed by atoms with Crippen LogP contribution in [0, 0.1) is 5.82 Å². The molecule has 0 saturated carbocycles. The van der Waals surface area contributed by atoms with Gasteiger partial charge in [0.1, 0.15) is 11.4 Å². The standard InChI is InChI=1S/C20H19FN2O4/c1-20(14-7-8-16-17(11-14)27-10-4-9-26-16)18(24)23(19(25)22-20)12-13-5-2-3-6-15(13)21/h2-3,5-8,11H,4,9-10,12H2,1H3,(H,22,25)/t20-/m0/s1. The number of hydrogen-bond donors (Lipinski definition) is 1. The average Bonchev–Trinajstić information content (AvgIpc) is 2.83. The van der Waals surface area contributed by atoms with E-state index in [2.05, 4.69) is 5.32 Å². The van der Waals surface area contributed by atoms with Gasteiger partial charge in [-0.05, 0) is 30.7 Å². The van der Waals surface area contributed by atoms with Gasteiger partial charge in [-0.3, -0.25) is 9.69 Å². The van der Waals surface area contributed by atoms with E-state index in [4.69, 9.17) is 9.47 Å². The van der Waals surface area contributed by atoms with Crippen LogP contribution in [0.2, 0.25) is 0 Å². The molecular weight excluding hydrogens is 351 g/mol. The van der Waals surface area contributed by atoms with Crippen LogP contribution in [0.5, 0.6) is 11.5 Å². The molecule has 3 amide bonds. The number of fused-ring (bicyclic) bond motifs is 1. The van der Waals surface area contributed by atoms with E-state index in [9.17, 15) is 14.0 Å². The van der Waals surface area contributed by atoms with Crippen LogP contribution in [0.15, 0.2) is 42.5 Å². The number of carbonyl (C=O) groups excluding carboxylic acids is 2. The van der Waals surface area contributed by atoms with Crippen LogP contribution < -0.4 is 14.8 Å². The van der Waals surface area contributed by atoms with Crippen molar-refractivity contribution in [3.8, 4) is 11.5 Å². The molecule has 1 N–H and O–H groups in total. The van der Waals surface area contributed by atoms with Gasteiger partial charge in [0.2, 0.25) is 0 Å². The summed E-state index contributed by atoms with van der Waals surface area (Å²) in [6.07, 6.45) is 0.771. The number of imide groups is 1. The Kier molecular flexibility index (Phi) is 4.22. The molecule has 2 heterocycles. The van der Waals surface area contributed by atoms with Crippen LogP contribution >= 0.6 is 0 Å². The van der Waals surface area contributed by atoms with Crippen molar-refractivity contribution in [2.24, 2.45) is 0 Å². The highest BCUT2D eigenvalue weighted by molar-refractivity contribution is 6.07. The summed E-state index contributed by atoms with van der Waals surface area (Å²) in [7, 11) is 0. The number of rotatable bonds is 3. The minimum atomic E-state index is -1.26. The topological polar surface area (TPSA) is 67.9 Å². The van der Waals surface area contributed by atoms with E-state index in [0.29, 0.717) is 30.3 Å². The molecule has 140 valence electrons. The number of benzene rings is 2. The second-order valence-electron chi connectivity index (χ2n) is 6.75. The van der Waals surface area contributed by atoms with Crippen molar-refractivity contribution in [2.45, 2.75) is 25.4 Å². The molecule has 0 radical (unpaired) electrons. The van der Waals surface area contributed by atoms with Gasteiger partial charge in [0.15, 0.2) is 11.5 Å². The van der Waals surface area contributed by atoms with E-state index in [-0.39, 0.29) is 12.1 Å². The highest BCUT2D eigenvalue weighted by Gasteiger charge is 2.49. The van der Waals surface area contributed by atoms with E-state index in [1.165, 1.54) is 6.07 Å². The fourth-order valence-electron chi connectivity index (χ4n) is 3.31.